The Hall–Kier alpha value is -1.70. The number of hydrogen-bond donors (Lipinski definition) is 0. The molecule has 0 radical (unpaired) electrons. The van der Waals surface area contributed by atoms with Gasteiger partial charge in [-0.2, -0.15) is 0 Å². The Morgan fingerprint density at radius 1 is 1.28 bits per heavy atom. The third-order valence-electron chi connectivity index (χ3n) is 4.22. The highest BCUT2D eigenvalue weighted by atomic mass is 32.2. The normalized spacial score (nSPS) is 19.8. The molecule has 5 nitrogen and oxygen atoms in total. The van der Waals surface area contributed by atoms with Gasteiger partial charge < -0.3 is 9.64 Å². The Morgan fingerprint density at radius 2 is 1.96 bits per heavy atom. The molecule has 132 valence electrons. The van der Waals surface area contributed by atoms with E-state index < -0.39 is 0 Å². The molecule has 3 rings (SSSR count). The number of thiocarbonyl (C=S) groups is 1. The maximum atomic E-state index is 12.6. The lowest BCUT2D eigenvalue weighted by molar-refractivity contribution is -0.138. The predicted octanol–water partition coefficient (Wildman–Crippen LogP) is 2.31. The second kappa shape index (κ2) is 8.12. The summed E-state index contributed by atoms with van der Waals surface area (Å²) in [7, 11) is 0. The van der Waals surface area contributed by atoms with Crippen molar-refractivity contribution in [1.82, 2.24) is 9.80 Å². The number of ether oxygens (including phenoxy) is 1. The Bertz CT molecular complexity index is 710. The van der Waals surface area contributed by atoms with Gasteiger partial charge in [-0.25, -0.2) is 0 Å². The molecule has 2 saturated heterocycles. The van der Waals surface area contributed by atoms with Gasteiger partial charge in [0.15, 0.2) is 0 Å². The van der Waals surface area contributed by atoms with Crippen LogP contribution in [0.15, 0.2) is 29.2 Å². The summed E-state index contributed by atoms with van der Waals surface area (Å²) in [5.41, 5.74) is 2.21. The summed E-state index contributed by atoms with van der Waals surface area (Å²) in [6.07, 6.45) is 2.81. The largest absolute Gasteiger partial charge is 0.378 e. The van der Waals surface area contributed by atoms with Crippen molar-refractivity contribution in [2.75, 3.05) is 32.8 Å². The van der Waals surface area contributed by atoms with Gasteiger partial charge in [0, 0.05) is 13.1 Å². The second-order valence-electron chi connectivity index (χ2n) is 5.86. The van der Waals surface area contributed by atoms with Crippen LogP contribution in [0.4, 0.5) is 0 Å². The van der Waals surface area contributed by atoms with Gasteiger partial charge in [0.2, 0.25) is 5.91 Å². The first-order valence-corrected chi connectivity index (χ1v) is 9.51. The average Bonchev–Trinajstić information content (AvgIpc) is 2.90. The minimum atomic E-state index is -0.198. The summed E-state index contributed by atoms with van der Waals surface area (Å²) in [6, 6.07) is 8.08. The molecule has 1 aromatic rings. The van der Waals surface area contributed by atoms with Gasteiger partial charge in [-0.1, -0.05) is 55.2 Å². The lowest BCUT2D eigenvalue weighted by Crippen LogP contribution is -2.46. The lowest BCUT2D eigenvalue weighted by atomic mass is 10.1. The zero-order valence-corrected chi connectivity index (χ0v) is 15.7. The van der Waals surface area contributed by atoms with Crippen molar-refractivity contribution >= 4 is 46.2 Å². The highest BCUT2D eigenvalue weighted by molar-refractivity contribution is 8.26. The van der Waals surface area contributed by atoms with Crippen molar-refractivity contribution in [3.63, 3.8) is 0 Å². The summed E-state index contributed by atoms with van der Waals surface area (Å²) in [5.74, 6) is -0.288. The molecule has 0 bridgehead atoms. The van der Waals surface area contributed by atoms with Crippen LogP contribution in [-0.2, 0) is 20.7 Å². The summed E-state index contributed by atoms with van der Waals surface area (Å²) >= 11 is 6.55. The zero-order chi connectivity index (χ0) is 17.8. The van der Waals surface area contributed by atoms with Gasteiger partial charge in [-0.05, 0) is 23.6 Å². The minimum absolute atomic E-state index is 0.00320. The first-order valence-electron chi connectivity index (χ1n) is 8.28. The van der Waals surface area contributed by atoms with Crippen LogP contribution in [0, 0.1) is 0 Å². The molecule has 0 unspecified atom stereocenters. The molecule has 2 amide bonds. The molecule has 0 N–H and O–H groups in total. The van der Waals surface area contributed by atoms with Gasteiger partial charge >= 0.3 is 0 Å². The number of carbonyl (C=O) groups excluding carboxylic acids is 2. The number of hydrogen-bond acceptors (Lipinski definition) is 5. The number of thioether (sulfide) groups is 1. The van der Waals surface area contributed by atoms with E-state index in [2.05, 4.69) is 19.1 Å². The van der Waals surface area contributed by atoms with Crippen LogP contribution < -0.4 is 0 Å². The average molecular weight is 377 g/mol. The molecule has 7 heteroatoms. The van der Waals surface area contributed by atoms with Gasteiger partial charge in [0.25, 0.3) is 5.91 Å². The monoisotopic (exact) mass is 376 g/mol. The molecular formula is C18H20N2O3S2. The Kier molecular flexibility index (Phi) is 5.88. The van der Waals surface area contributed by atoms with Crippen molar-refractivity contribution in [2.24, 2.45) is 0 Å². The SMILES string of the molecule is CCc1ccc(/C=C2/SC(=S)N(CC(=O)N3CCOCC3)C2=O)cc1. The topological polar surface area (TPSA) is 49.9 Å². The van der Waals surface area contributed by atoms with E-state index in [4.69, 9.17) is 17.0 Å². The van der Waals surface area contributed by atoms with Gasteiger partial charge in [0.1, 0.15) is 10.9 Å². The van der Waals surface area contributed by atoms with Gasteiger partial charge in [0.05, 0.1) is 18.1 Å². The first kappa shape index (κ1) is 18.1. The fourth-order valence-corrected chi connectivity index (χ4v) is 3.94. The maximum absolute atomic E-state index is 12.6. The number of aryl methyl sites for hydroxylation is 1. The number of rotatable bonds is 4. The van der Waals surface area contributed by atoms with Crippen LogP contribution in [0.1, 0.15) is 18.1 Å². The number of morpholine rings is 1. The van der Waals surface area contributed by atoms with E-state index >= 15 is 0 Å². The summed E-state index contributed by atoms with van der Waals surface area (Å²) in [5, 5.41) is 0. The Morgan fingerprint density at radius 3 is 2.60 bits per heavy atom. The smallest absolute Gasteiger partial charge is 0.266 e. The Balaban J connectivity index is 1.68. The van der Waals surface area contributed by atoms with E-state index in [9.17, 15) is 9.59 Å². The minimum Gasteiger partial charge on any atom is -0.378 e. The number of amides is 2. The molecule has 2 aliphatic heterocycles. The number of carbonyl (C=O) groups is 2. The number of nitrogens with zero attached hydrogens (tertiary/aromatic N) is 2. The fraction of sp³-hybridized carbons (Fsp3) is 0.389. The molecule has 2 fully saturated rings. The van der Waals surface area contributed by atoms with Crippen molar-refractivity contribution in [2.45, 2.75) is 13.3 Å². The highest BCUT2D eigenvalue weighted by Crippen LogP contribution is 2.32. The van der Waals surface area contributed by atoms with Crippen LogP contribution in [0.3, 0.4) is 0 Å². The number of benzene rings is 1. The highest BCUT2D eigenvalue weighted by Gasteiger charge is 2.34. The van der Waals surface area contributed by atoms with Gasteiger partial charge in [-0.15, -0.1) is 0 Å². The summed E-state index contributed by atoms with van der Waals surface area (Å²) in [6.45, 7) is 4.30. The van der Waals surface area contributed by atoms with Crippen LogP contribution in [0.5, 0.6) is 0 Å². The maximum Gasteiger partial charge on any atom is 0.266 e. The van der Waals surface area contributed by atoms with Crippen molar-refractivity contribution in [1.29, 1.82) is 0 Å². The Labute approximate surface area is 157 Å². The van der Waals surface area contributed by atoms with E-state index in [1.807, 2.05) is 18.2 Å². The van der Waals surface area contributed by atoms with E-state index in [0.717, 1.165) is 12.0 Å². The van der Waals surface area contributed by atoms with Crippen LogP contribution >= 0.6 is 24.0 Å². The quantitative estimate of drug-likeness (QED) is 0.596. The molecule has 0 atom stereocenters. The molecule has 1 aromatic carbocycles. The molecule has 0 aliphatic carbocycles. The van der Waals surface area contributed by atoms with E-state index in [1.165, 1.54) is 22.2 Å². The first-order chi connectivity index (χ1) is 12.1. The van der Waals surface area contributed by atoms with Crippen molar-refractivity contribution in [3.8, 4) is 0 Å². The second-order valence-corrected chi connectivity index (χ2v) is 7.53. The molecule has 25 heavy (non-hydrogen) atoms. The molecule has 2 heterocycles. The van der Waals surface area contributed by atoms with E-state index in [-0.39, 0.29) is 18.4 Å². The predicted molar refractivity (Wildman–Crippen MR) is 103 cm³/mol. The molecular weight excluding hydrogens is 356 g/mol. The summed E-state index contributed by atoms with van der Waals surface area (Å²) in [4.78, 5) is 28.7. The zero-order valence-electron chi connectivity index (χ0n) is 14.1. The van der Waals surface area contributed by atoms with E-state index in [0.29, 0.717) is 35.5 Å². The third kappa shape index (κ3) is 4.29. The van der Waals surface area contributed by atoms with Crippen molar-refractivity contribution < 1.29 is 14.3 Å². The third-order valence-corrected chi connectivity index (χ3v) is 5.59. The van der Waals surface area contributed by atoms with Crippen LogP contribution in [-0.4, -0.2) is 58.8 Å². The fourth-order valence-electron chi connectivity index (χ4n) is 2.69. The molecule has 0 aromatic heterocycles. The molecule has 2 aliphatic rings. The van der Waals surface area contributed by atoms with Gasteiger partial charge in [-0.3, -0.25) is 14.5 Å². The van der Waals surface area contributed by atoms with Crippen LogP contribution in [0.25, 0.3) is 6.08 Å². The standard InChI is InChI=1S/C18H20N2O3S2/c1-2-13-3-5-14(6-4-13)11-15-17(22)20(18(24)25-15)12-16(21)19-7-9-23-10-8-19/h3-6,11H,2,7-10,12H2,1H3/b15-11+. The summed E-state index contributed by atoms with van der Waals surface area (Å²) < 4.78 is 5.68. The molecule has 0 saturated carbocycles. The van der Waals surface area contributed by atoms with Crippen LogP contribution in [0.2, 0.25) is 0 Å². The molecule has 0 spiro atoms. The van der Waals surface area contributed by atoms with Crippen molar-refractivity contribution in [3.05, 3.63) is 40.3 Å². The lowest BCUT2D eigenvalue weighted by Gasteiger charge is -2.28. The van der Waals surface area contributed by atoms with E-state index in [1.54, 1.807) is 4.90 Å².